The normalized spacial score (nSPS) is 19.5. The molecule has 120 valence electrons. The molecule has 0 bridgehead atoms. The number of nitrogens with zero attached hydrogens (tertiary/aromatic N) is 2. The summed E-state index contributed by atoms with van der Waals surface area (Å²) in [6.07, 6.45) is 7.51. The van der Waals surface area contributed by atoms with Crippen molar-refractivity contribution in [3.63, 3.8) is 0 Å². The first-order valence-electron chi connectivity index (χ1n) is 8.13. The van der Waals surface area contributed by atoms with E-state index in [9.17, 15) is 9.59 Å². The minimum absolute atomic E-state index is 0.0477. The van der Waals surface area contributed by atoms with Crippen LogP contribution in [-0.4, -0.2) is 34.3 Å². The Morgan fingerprint density at radius 1 is 1.36 bits per heavy atom. The van der Waals surface area contributed by atoms with Crippen LogP contribution in [0.3, 0.4) is 0 Å². The SMILES string of the molecule is CCCC(=O)N1CCCCC1C(=O)NC(C)c1ccncc1. The van der Waals surface area contributed by atoms with Crippen LogP contribution < -0.4 is 5.32 Å². The van der Waals surface area contributed by atoms with E-state index in [2.05, 4.69) is 10.3 Å². The number of rotatable bonds is 5. The van der Waals surface area contributed by atoms with Gasteiger partial charge in [0.25, 0.3) is 0 Å². The van der Waals surface area contributed by atoms with Crippen LogP contribution in [-0.2, 0) is 9.59 Å². The lowest BCUT2D eigenvalue weighted by Crippen LogP contribution is -2.52. The van der Waals surface area contributed by atoms with Gasteiger partial charge in [-0.3, -0.25) is 14.6 Å². The van der Waals surface area contributed by atoms with Gasteiger partial charge in [0.05, 0.1) is 6.04 Å². The Hall–Kier alpha value is -1.91. The fourth-order valence-corrected chi connectivity index (χ4v) is 2.91. The van der Waals surface area contributed by atoms with Crippen LogP contribution in [0.2, 0.25) is 0 Å². The smallest absolute Gasteiger partial charge is 0.243 e. The van der Waals surface area contributed by atoms with Crippen molar-refractivity contribution in [1.82, 2.24) is 15.2 Å². The lowest BCUT2D eigenvalue weighted by molar-refractivity contribution is -0.142. The zero-order chi connectivity index (χ0) is 15.9. The Morgan fingerprint density at radius 3 is 2.77 bits per heavy atom. The molecule has 1 aromatic rings. The van der Waals surface area contributed by atoms with Gasteiger partial charge in [-0.2, -0.15) is 0 Å². The van der Waals surface area contributed by atoms with Crippen molar-refractivity contribution in [1.29, 1.82) is 0 Å². The molecule has 0 aromatic carbocycles. The monoisotopic (exact) mass is 303 g/mol. The van der Waals surface area contributed by atoms with Crippen molar-refractivity contribution in [2.24, 2.45) is 0 Å². The summed E-state index contributed by atoms with van der Waals surface area (Å²) in [7, 11) is 0. The van der Waals surface area contributed by atoms with E-state index in [-0.39, 0.29) is 23.9 Å². The number of carbonyl (C=O) groups is 2. The number of nitrogens with one attached hydrogen (secondary N) is 1. The van der Waals surface area contributed by atoms with Gasteiger partial charge in [-0.05, 0) is 50.3 Å². The fourth-order valence-electron chi connectivity index (χ4n) is 2.91. The van der Waals surface area contributed by atoms with Crippen LogP contribution >= 0.6 is 0 Å². The molecule has 0 radical (unpaired) electrons. The van der Waals surface area contributed by atoms with Crippen molar-refractivity contribution in [2.45, 2.75) is 58.0 Å². The maximum absolute atomic E-state index is 12.6. The molecule has 2 unspecified atom stereocenters. The summed E-state index contributed by atoms with van der Waals surface area (Å²) in [5.41, 5.74) is 1.02. The van der Waals surface area contributed by atoms with Crippen LogP contribution in [0, 0.1) is 0 Å². The number of carbonyl (C=O) groups excluding carboxylic acids is 2. The number of hydrogen-bond acceptors (Lipinski definition) is 3. The molecule has 1 N–H and O–H groups in total. The summed E-state index contributed by atoms with van der Waals surface area (Å²) in [6, 6.07) is 3.38. The Kier molecular flexibility index (Phi) is 5.92. The van der Waals surface area contributed by atoms with E-state index in [0.717, 1.165) is 31.2 Å². The molecule has 2 atom stereocenters. The topological polar surface area (TPSA) is 62.3 Å². The van der Waals surface area contributed by atoms with E-state index >= 15 is 0 Å². The van der Waals surface area contributed by atoms with Crippen LogP contribution in [0.5, 0.6) is 0 Å². The van der Waals surface area contributed by atoms with Gasteiger partial charge in [-0.15, -0.1) is 0 Å². The quantitative estimate of drug-likeness (QED) is 0.908. The molecule has 2 rings (SSSR count). The first-order chi connectivity index (χ1) is 10.6. The van der Waals surface area contributed by atoms with Crippen LogP contribution in [0.1, 0.15) is 57.6 Å². The second kappa shape index (κ2) is 7.92. The largest absolute Gasteiger partial charge is 0.348 e. The Morgan fingerprint density at radius 2 is 2.09 bits per heavy atom. The molecule has 0 spiro atoms. The Balaban J connectivity index is 2.01. The molecule has 1 fully saturated rings. The second-order valence-corrected chi connectivity index (χ2v) is 5.86. The van der Waals surface area contributed by atoms with Crippen LogP contribution in [0.4, 0.5) is 0 Å². The predicted molar refractivity (Wildman–Crippen MR) is 85.1 cm³/mol. The zero-order valence-electron chi connectivity index (χ0n) is 13.4. The van der Waals surface area contributed by atoms with E-state index in [1.807, 2.05) is 26.0 Å². The molecule has 1 aromatic heterocycles. The minimum atomic E-state index is -0.322. The lowest BCUT2D eigenvalue weighted by atomic mass is 10.00. The average molecular weight is 303 g/mol. The third-order valence-electron chi connectivity index (χ3n) is 4.15. The molecule has 1 saturated heterocycles. The molecule has 0 aliphatic carbocycles. The number of hydrogen-bond donors (Lipinski definition) is 1. The third kappa shape index (κ3) is 4.06. The second-order valence-electron chi connectivity index (χ2n) is 5.86. The van der Waals surface area contributed by atoms with Gasteiger partial charge in [0, 0.05) is 25.4 Å². The number of pyridine rings is 1. The first-order valence-corrected chi connectivity index (χ1v) is 8.13. The van der Waals surface area contributed by atoms with Crippen LogP contribution in [0.25, 0.3) is 0 Å². The molecule has 22 heavy (non-hydrogen) atoms. The number of piperidine rings is 1. The number of likely N-dealkylation sites (tertiary alicyclic amines) is 1. The van der Waals surface area contributed by atoms with Gasteiger partial charge < -0.3 is 10.2 Å². The van der Waals surface area contributed by atoms with Gasteiger partial charge in [0.2, 0.25) is 11.8 Å². The molecule has 1 aliphatic rings. The highest BCUT2D eigenvalue weighted by Crippen LogP contribution is 2.20. The predicted octanol–water partition coefficient (Wildman–Crippen LogP) is 2.44. The lowest BCUT2D eigenvalue weighted by Gasteiger charge is -2.35. The van der Waals surface area contributed by atoms with Crippen molar-refractivity contribution < 1.29 is 9.59 Å². The van der Waals surface area contributed by atoms with E-state index in [4.69, 9.17) is 0 Å². The summed E-state index contributed by atoms with van der Waals surface area (Å²) in [6.45, 7) is 4.64. The van der Waals surface area contributed by atoms with Crippen LogP contribution in [0.15, 0.2) is 24.5 Å². The maximum atomic E-state index is 12.6. The molecule has 1 aliphatic heterocycles. The molecular formula is C17H25N3O2. The van der Waals surface area contributed by atoms with Gasteiger partial charge in [-0.1, -0.05) is 6.92 Å². The number of amides is 2. The molecular weight excluding hydrogens is 278 g/mol. The highest BCUT2D eigenvalue weighted by Gasteiger charge is 2.32. The Bertz CT molecular complexity index is 504. The summed E-state index contributed by atoms with van der Waals surface area (Å²) in [4.78, 5) is 30.5. The average Bonchev–Trinajstić information content (AvgIpc) is 2.55. The zero-order valence-corrected chi connectivity index (χ0v) is 13.4. The van der Waals surface area contributed by atoms with E-state index < -0.39 is 0 Å². The standard InChI is InChI=1S/C17H25N3O2/c1-3-6-16(21)20-12-5-4-7-15(20)17(22)19-13(2)14-8-10-18-11-9-14/h8-11,13,15H,3-7,12H2,1-2H3,(H,19,22). The van der Waals surface area contributed by atoms with E-state index in [0.29, 0.717) is 13.0 Å². The molecule has 2 heterocycles. The van der Waals surface area contributed by atoms with Gasteiger partial charge >= 0.3 is 0 Å². The fraction of sp³-hybridized carbons (Fsp3) is 0.588. The highest BCUT2D eigenvalue weighted by molar-refractivity contribution is 5.88. The van der Waals surface area contributed by atoms with E-state index in [1.54, 1.807) is 17.3 Å². The minimum Gasteiger partial charge on any atom is -0.348 e. The molecule has 0 saturated carbocycles. The molecule has 5 nitrogen and oxygen atoms in total. The van der Waals surface area contributed by atoms with Gasteiger partial charge in [-0.25, -0.2) is 0 Å². The number of aromatic nitrogens is 1. The third-order valence-corrected chi connectivity index (χ3v) is 4.15. The Labute approximate surface area is 132 Å². The highest BCUT2D eigenvalue weighted by atomic mass is 16.2. The summed E-state index contributed by atoms with van der Waals surface area (Å²) >= 11 is 0. The summed E-state index contributed by atoms with van der Waals surface area (Å²) in [5.74, 6) is 0.0485. The maximum Gasteiger partial charge on any atom is 0.243 e. The summed E-state index contributed by atoms with van der Waals surface area (Å²) < 4.78 is 0. The van der Waals surface area contributed by atoms with Crippen molar-refractivity contribution in [2.75, 3.05) is 6.54 Å². The first kappa shape index (κ1) is 16.5. The van der Waals surface area contributed by atoms with Gasteiger partial charge in [0.15, 0.2) is 0 Å². The van der Waals surface area contributed by atoms with Crippen molar-refractivity contribution in [3.8, 4) is 0 Å². The molecule has 2 amide bonds. The van der Waals surface area contributed by atoms with E-state index in [1.165, 1.54) is 0 Å². The van der Waals surface area contributed by atoms with Crippen molar-refractivity contribution >= 4 is 11.8 Å². The van der Waals surface area contributed by atoms with Crippen molar-refractivity contribution in [3.05, 3.63) is 30.1 Å². The molecule has 5 heteroatoms. The van der Waals surface area contributed by atoms with Gasteiger partial charge in [0.1, 0.15) is 6.04 Å². The summed E-state index contributed by atoms with van der Waals surface area (Å²) in [5, 5.41) is 3.03.